The summed E-state index contributed by atoms with van der Waals surface area (Å²) in [6.07, 6.45) is 4.27. The monoisotopic (exact) mass is 204 g/mol. The van der Waals surface area contributed by atoms with E-state index in [0.717, 1.165) is 38.9 Å². The van der Waals surface area contributed by atoms with E-state index in [2.05, 4.69) is 13.8 Å². The Hall–Kier alpha value is -0.120. The molecule has 0 unspecified atom stereocenters. The minimum Gasteiger partial charge on any atom is -0.379 e. The maximum absolute atomic E-state index is 5.52. The predicted molar refractivity (Wildman–Crippen MR) is 57.4 cm³/mol. The molecule has 0 rings (SSSR count). The number of ether oxygens (including phenoxy) is 3. The lowest BCUT2D eigenvalue weighted by Crippen LogP contribution is -2.23. The third-order valence-corrected chi connectivity index (χ3v) is 1.91. The molecule has 0 N–H and O–H groups in total. The van der Waals surface area contributed by atoms with E-state index in [0.29, 0.717) is 6.61 Å². The zero-order valence-electron chi connectivity index (χ0n) is 9.75. The minimum absolute atomic E-state index is 0.182. The number of unbranched alkanes of at least 4 members (excludes halogenated alkanes) is 2. The van der Waals surface area contributed by atoms with Crippen LogP contribution in [0.3, 0.4) is 0 Å². The molecule has 0 radical (unpaired) electrons. The molecule has 0 bridgehead atoms. The summed E-state index contributed by atoms with van der Waals surface area (Å²) in [5.74, 6) is 0. The summed E-state index contributed by atoms with van der Waals surface area (Å²) in [4.78, 5) is 0. The van der Waals surface area contributed by atoms with Crippen LogP contribution in [0.15, 0.2) is 0 Å². The summed E-state index contributed by atoms with van der Waals surface area (Å²) >= 11 is 0. The Bertz CT molecular complexity index is 96.7. The average molecular weight is 204 g/mol. The molecule has 0 spiro atoms. The summed E-state index contributed by atoms with van der Waals surface area (Å²) in [7, 11) is 1.67. The Morgan fingerprint density at radius 1 is 0.929 bits per heavy atom. The topological polar surface area (TPSA) is 27.7 Å². The lowest BCUT2D eigenvalue weighted by atomic mass is 10.3. The van der Waals surface area contributed by atoms with E-state index in [1.807, 2.05) is 0 Å². The molecule has 0 atom stereocenters. The van der Waals surface area contributed by atoms with Crippen LogP contribution in [0.4, 0.5) is 0 Å². The summed E-state index contributed by atoms with van der Waals surface area (Å²) in [6, 6.07) is 0. The van der Waals surface area contributed by atoms with Gasteiger partial charge in [0.25, 0.3) is 0 Å². The van der Waals surface area contributed by atoms with E-state index >= 15 is 0 Å². The molecule has 0 aromatic rings. The van der Waals surface area contributed by atoms with Gasteiger partial charge in [-0.15, -0.1) is 0 Å². The maximum Gasteiger partial charge on any atom is 0.180 e. The van der Waals surface area contributed by atoms with Crippen LogP contribution in [0.1, 0.15) is 39.5 Å². The van der Waals surface area contributed by atoms with Gasteiger partial charge in [-0.3, -0.25) is 0 Å². The molecule has 3 nitrogen and oxygen atoms in total. The highest BCUT2D eigenvalue weighted by molar-refractivity contribution is 4.43. The van der Waals surface area contributed by atoms with Crippen LogP contribution in [-0.4, -0.2) is 33.2 Å². The van der Waals surface area contributed by atoms with Crippen molar-refractivity contribution in [1.29, 1.82) is 0 Å². The second-order valence-corrected chi connectivity index (χ2v) is 3.33. The average Bonchev–Trinajstić information content (AvgIpc) is 2.18. The van der Waals surface area contributed by atoms with Crippen molar-refractivity contribution >= 4 is 0 Å². The predicted octanol–water partition coefficient (Wildman–Crippen LogP) is 2.59. The van der Waals surface area contributed by atoms with Crippen molar-refractivity contribution in [1.82, 2.24) is 0 Å². The molecule has 0 saturated heterocycles. The van der Waals surface area contributed by atoms with E-state index in [1.54, 1.807) is 7.11 Å². The first-order valence-electron chi connectivity index (χ1n) is 5.57. The molecule has 86 valence electrons. The highest BCUT2D eigenvalue weighted by Gasteiger charge is 2.07. The lowest BCUT2D eigenvalue weighted by Gasteiger charge is -2.17. The van der Waals surface area contributed by atoms with E-state index in [1.165, 1.54) is 0 Å². The first kappa shape index (κ1) is 13.9. The minimum atomic E-state index is -0.182. The van der Waals surface area contributed by atoms with E-state index in [4.69, 9.17) is 14.2 Å². The molecular formula is C11H24O3. The molecule has 0 saturated carbocycles. The first-order chi connectivity index (χ1) is 6.85. The van der Waals surface area contributed by atoms with Crippen LogP contribution >= 0.6 is 0 Å². The highest BCUT2D eigenvalue weighted by Crippen LogP contribution is 2.00. The summed E-state index contributed by atoms with van der Waals surface area (Å²) in [5.41, 5.74) is 0. The van der Waals surface area contributed by atoms with Gasteiger partial charge in [0.2, 0.25) is 0 Å². The highest BCUT2D eigenvalue weighted by atomic mass is 16.7. The SMILES string of the molecule is CCCCOC(COC)OCCCC. The zero-order chi connectivity index (χ0) is 10.6. The molecule has 0 aliphatic heterocycles. The molecule has 3 heteroatoms. The third-order valence-electron chi connectivity index (χ3n) is 1.91. The molecule has 0 aliphatic rings. The van der Waals surface area contributed by atoms with E-state index < -0.39 is 0 Å². The van der Waals surface area contributed by atoms with Crippen LogP contribution in [-0.2, 0) is 14.2 Å². The molecular weight excluding hydrogens is 180 g/mol. The Kier molecular flexibility index (Phi) is 10.9. The fourth-order valence-corrected chi connectivity index (χ4v) is 0.999. The number of methoxy groups -OCH3 is 1. The van der Waals surface area contributed by atoms with Crippen LogP contribution in [0.2, 0.25) is 0 Å². The van der Waals surface area contributed by atoms with Gasteiger partial charge in [0.1, 0.15) is 0 Å². The zero-order valence-corrected chi connectivity index (χ0v) is 9.75. The summed E-state index contributed by atoms with van der Waals surface area (Å²) in [6.45, 7) is 6.33. The quantitative estimate of drug-likeness (QED) is 0.404. The fraction of sp³-hybridized carbons (Fsp3) is 1.00. The molecule has 0 heterocycles. The second kappa shape index (κ2) is 11.0. The molecule has 0 amide bonds. The van der Waals surface area contributed by atoms with Gasteiger partial charge in [-0.05, 0) is 12.8 Å². The van der Waals surface area contributed by atoms with Gasteiger partial charge in [0.05, 0.1) is 6.61 Å². The van der Waals surface area contributed by atoms with Crippen LogP contribution in [0.5, 0.6) is 0 Å². The van der Waals surface area contributed by atoms with Crippen molar-refractivity contribution in [3.63, 3.8) is 0 Å². The summed E-state index contributed by atoms with van der Waals surface area (Å²) in [5, 5.41) is 0. The molecule has 0 aromatic carbocycles. The Labute approximate surface area is 87.7 Å². The number of rotatable bonds is 10. The van der Waals surface area contributed by atoms with Gasteiger partial charge >= 0.3 is 0 Å². The number of hydrogen-bond acceptors (Lipinski definition) is 3. The molecule has 0 aliphatic carbocycles. The van der Waals surface area contributed by atoms with Gasteiger partial charge < -0.3 is 14.2 Å². The Morgan fingerprint density at radius 2 is 1.43 bits per heavy atom. The second-order valence-electron chi connectivity index (χ2n) is 3.33. The van der Waals surface area contributed by atoms with Crippen molar-refractivity contribution in [3.8, 4) is 0 Å². The number of hydrogen-bond donors (Lipinski definition) is 0. The van der Waals surface area contributed by atoms with Crippen molar-refractivity contribution in [2.24, 2.45) is 0 Å². The van der Waals surface area contributed by atoms with Crippen molar-refractivity contribution in [3.05, 3.63) is 0 Å². The molecule has 0 aromatic heterocycles. The van der Waals surface area contributed by atoms with Crippen LogP contribution < -0.4 is 0 Å². The third kappa shape index (κ3) is 8.48. The van der Waals surface area contributed by atoms with E-state index in [9.17, 15) is 0 Å². The molecule has 0 fully saturated rings. The normalized spacial score (nSPS) is 11.1. The van der Waals surface area contributed by atoms with E-state index in [-0.39, 0.29) is 6.29 Å². The van der Waals surface area contributed by atoms with Gasteiger partial charge in [0.15, 0.2) is 6.29 Å². The maximum atomic E-state index is 5.52. The van der Waals surface area contributed by atoms with Crippen molar-refractivity contribution < 1.29 is 14.2 Å². The van der Waals surface area contributed by atoms with Crippen molar-refractivity contribution in [2.75, 3.05) is 26.9 Å². The molecule has 14 heavy (non-hydrogen) atoms. The first-order valence-corrected chi connectivity index (χ1v) is 5.57. The van der Waals surface area contributed by atoms with Crippen LogP contribution in [0, 0.1) is 0 Å². The fourth-order valence-electron chi connectivity index (χ4n) is 0.999. The van der Waals surface area contributed by atoms with Crippen LogP contribution in [0.25, 0.3) is 0 Å². The van der Waals surface area contributed by atoms with Gasteiger partial charge in [-0.25, -0.2) is 0 Å². The largest absolute Gasteiger partial charge is 0.379 e. The standard InChI is InChI=1S/C11H24O3/c1-4-6-8-13-11(10-12-3)14-9-7-5-2/h11H,4-10H2,1-3H3. The Balaban J connectivity index is 3.44. The van der Waals surface area contributed by atoms with Gasteiger partial charge in [-0.2, -0.15) is 0 Å². The van der Waals surface area contributed by atoms with Crippen molar-refractivity contribution in [2.45, 2.75) is 45.8 Å². The van der Waals surface area contributed by atoms with Gasteiger partial charge in [0, 0.05) is 20.3 Å². The Morgan fingerprint density at radius 3 is 1.79 bits per heavy atom. The summed E-state index contributed by atoms with van der Waals surface area (Å²) < 4.78 is 16.1. The lowest BCUT2D eigenvalue weighted by molar-refractivity contribution is -0.168. The smallest absolute Gasteiger partial charge is 0.180 e. The van der Waals surface area contributed by atoms with Gasteiger partial charge in [-0.1, -0.05) is 26.7 Å².